The van der Waals surface area contributed by atoms with Gasteiger partial charge in [-0.25, -0.2) is 0 Å². The summed E-state index contributed by atoms with van der Waals surface area (Å²) in [7, 11) is 1.58. The lowest BCUT2D eigenvalue weighted by Crippen LogP contribution is -2.31. The Kier molecular flexibility index (Phi) is 7.90. The molecule has 0 amide bonds. The van der Waals surface area contributed by atoms with E-state index < -0.39 is 5.41 Å². The molecule has 3 nitrogen and oxygen atoms in total. The fourth-order valence-corrected chi connectivity index (χ4v) is 1.25. The summed E-state index contributed by atoms with van der Waals surface area (Å²) in [6, 6.07) is 0. The molecule has 0 saturated carbocycles. The van der Waals surface area contributed by atoms with Crippen molar-refractivity contribution in [2.45, 2.75) is 40.0 Å². The van der Waals surface area contributed by atoms with Crippen molar-refractivity contribution >= 4 is 5.97 Å². The number of carbonyl (C=O) groups excluding carboxylic acids is 1. The van der Waals surface area contributed by atoms with Crippen LogP contribution < -0.4 is 0 Å². The molecule has 0 heterocycles. The van der Waals surface area contributed by atoms with Crippen molar-refractivity contribution in [1.29, 1.82) is 0 Å². The first-order valence-electron chi connectivity index (χ1n) is 5.85. The molecule has 0 unspecified atom stereocenters. The van der Waals surface area contributed by atoms with Gasteiger partial charge in [0.25, 0.3) is 0 Å². The predicted molar refractivity (Wildman–Crippen MR) is 65.3 cm³/mol. The Morgan fingerprint density at radius 2 is 2.00 bits per heavy atom. The molecule has 0 atom stereocenters. The lowest BCUT2D eigenvalue weighted by Gasteiger charge is -2.20. The van der Waals surface area contributed by atoms with Gasteiger partial charge in [0, 0.05) is 7.11 Å². The third kappa shape index (κ3) is 6.62. The molecule has 0 aliphatic rings. The molecular weight excluding hydrogens is 204 g/mol. The van der Waals surface area contributed by atoms with Crippen LogP contribution in [0.3, 0.4) is 0 Å². The standard InChI is InChI=1S/C13H24O3/c1-5-6-7-8-9-10-16-12(14)13(2,3)11-15-4/h8-9H,5-7,10-11H2,1-4H3/b9-8+. The van der Waals surface area contributed by atoms with Gasteiger partial charge in [-0.1, -0.05) is 31.9 Å². The molecule has 0 fully saturated rings. The molecule has 94 valence electrons. The van der Waals surface area contributed by atoms with Crippen LogP contribution in [-0.2, 0) is 14.3 Å². The zero-order valence-corrected chi connectivity index (χ0v) is 10.9. The number of rotatable bonds is 8. The highest BCUT2D eigenvalue weighted by molar-refractivity contribution is 5.76. The van der Waals surface area contributed by atoms with Crippen molar-refractivity contribution in [2.75, 3.05) is 20.3 Å². The van der Waals surface area contributed by atoms with E-state index in [-0.39, 0.29) is 5.97 Å². The monoisotopic (exact) mass is 228 g/mol. The first-order chi connectivity index (χ1) is 7.54. The van der Waals surface area contributed by atoms with Crippen molar-refractivity contribution in [3.8, 4) is 0 Å². The van der Waals surface area contributed by atoms with E-state index in [0.717, 1.165) is 6.42 Å². The molecule has 0 aliphatic carbocycles. The van der Waals surface area contributed by atoms with E-state index in [2.05, 4.69) is 13.0 Å². The fraction of sp³-hybridized carbons (Fsp3) is 0.769. The normalized spacial score (nSPS) is 12.0. The number of ether oxygens (including phenoxy) is 2. The predicted octanol–water partition coefficient (Wildman–Crippen LogP) is 2.95. The summed E-state index contributed by atoms with van der Waals surface area (Å²) in [5.74, 6) is -0.213. The second kappa shape index (κ2) is 8.34. The van der Waals surface area contributed by atoms with Crippen molar-refractivity contribution < 1.29 is 14.3 Å². The molecule has 0 aromatic heterocycles. The Hall–Kier alpha value is -0.830. The largest absolute Gasteiger partial charge is 0.461 e. The van der Waals surface area contributed by atoms with E-state index in [0.29, 0.717) is 13.2 Å². The maximum Gasteiger partial charge on any atom is 0.314 e. The summed E-state index contributed by atoms with van der Waals surface area (Å²) in [6.07, 6.45) is 7.37. The topological polar surface area (TPSA) is 35.5 Å². The molecule has 0 bridgehead atoms. The van der Waals surface area contributed by atoms with Crippen LogP contribution in [0, 0.1) is 5.41 Å². The van der Waals surface area contributed by atoms with Gasteiger partial charge in [-0.3, -0.25) is 4.79 Å². The zero-order chi connectivity index (χ0) is 12.4. The molecule has 3 heteroatoms. The van der Waals surface area contributed by atoms with Crippen LogP contribution in [0.15, 0.2) is 12.2 Å². The molecule has 0 saturated heterocycles. The summed E-state index contributed by atoms with van der Waals surface area (Å²) in [6.45, 7) is 6.53. The van der Waals surface area contributed by atoms with Crippen molar-refractivity contribution in [2.24, 2.45) is 5.41 Å². The van der Waals surface area contributed by atoms with Crippen LogP contribution in [0.1, 0.15) is 40.0 Å². The summed E-state index contributed by atoms with van der Waals surface area (Å²) in [4.78, 5) is 11.6. The van der Waals surface area contributed by atoms with Crippen LogP contribution in [0.25, 0.3) is 0 Å². The molecule has 0 spiro atoms. The number of carbonyl (C=O) groups is 1. The average Bonchev–Trinajstić information content (AvgIpc) is 2.22. The number of esters is 1. The first-order valence-corrected chi connectivity index (χ1v) is 5.85. The summed E-state index contributed by atoms with van der Waals surface area (Å²) < 4.78 is 10.1. The fourth-order valence-electron chi connectivity index (χ4n) is 1.25. The van der Waals surface area contributed by atoms with Crippen LogP contribution in [0.4, 0.5) is 0 Å². The minimum Gasteiger partial charge on any atom is -0.461 e. The SMILES string of the molecule is CCCC/C=C/COC(=O)C(C)(C)COC. The highest BCUT2D eigenvalue weighted by Gasteiger charge is 2.28. The Morgan fingerprint density at radius 3 is 2.56 bits per heavy atom. The third-order valence-electron chi connectivity index (χ3n) is 2.26. The quantitative estimate of drug-likeness (QED) is 0.364. The highest BCUT2D eigenvalue weighted by atomic mass is 16.5. The Balaban J connectivity index is 3.76. The highest BCUT2D eigenvalue weighted by Crippen LogP contribution is 2.17. The molecular formula is C13H24O3. The zero-order valence-electron chi connectivity index (χ0n) is 10.9. The van der Waals surface area contributed by atoms with E-state index in [9.17, 15) is 4.79 Å². The second-order valence-electron chi connectivity index (χ2n) is 4.53. The molecule has 0 rings (SSSR count). The van der Waals surface area contributed by atoms with Gasteiger partial charge in [0.15, 0.2) is 0 Å². The van der Waals surface area contributed by atoms with E-state index >= 15 is 0 Å². The Bertz CT molecular complexity index is 219. The Morgan fingerprint density at radius 1 is 1.31 bits per heavy atom. The Labute approximate surface area is 98.8 Å². The van der Waals surface area contributed by atoms with Gasteiger partial charge in [0.05, 0.1) is 12.0 Å². The van der Waals surface area contributed by atoms with Gasteiger partial charge in [0.2, 0.25) is 0 Å². The van der Waals surface area contributed by atoms with Gasteiger partial charge in [-0.15, -0.1) is 0 Å². The van der Waals surface area contributed by atoms with E-state index in [4.69, 9.17) is 9.47 Å². The van der Waals surface area contributed by atoms with Gasteiger partial charge in [-0.05, 0) is 20.3 Å². The number of allylic oxidation sites excluding steroid dienone is 1. The van der Waals surface area contributed by atoms with E-state index in [1.54, 1.807) is 7.11 Å². The minimum atomic E-state index is -0.563. The summed E-state index contributed by atoms with van der Waals surface area (Å²) in [5, 5.41) is 0. The lowest BCUT2D eigenvalue weighted by atomic mass is 9.95. The molecule has 0 aromatic rings. The first kappa shape index (κ1) is 15.2. The van der Waals surface area contributed by atoms with Crippen molar-refractivity contribution in [1.82, 2.24) is 0 Å². The number of hydrogen-bond acceptors (Lipinski definition) is 3. The summed E-state index contributed by atoms with van der Waals surface area (Å²) in [5.41, 5.74) is -0.563. The van der Waals surface area contributed by atoms with E-state index in [1.807, 2.05) is 19.9 Å². The van der Waals surface area contributed by atoms with Gasteiger partial charge < -0.3 is 9.47 Å². The number of hydrogen-bond donors (Lipinski definition) is 0. The number of unbranched alkanes of at least 4 members (excludes halogenated alkanes) is 2. The second-order valence-corrected chi connectivity index (χ2v) is 4.53. The van der Waals surface area contributed by atoms with Crippen LogP contribution in [0.5, 0.6) is 0 Å². The van der Waals surface area contributed by atoms with Gasteiger partial charge >= 0.3 is 5.97 Å². The van der Waals surface area contributed by atoms with E-state index in [1.165, 1.54) is 12.8 Å². The third-order valence-corrected chi connectivity index (χ3v) is 2.26. The van der Waals surface area contributed by atoms with Crippen LogP contribution in [0.2, 0.25) is 0 Å². The maximum absolute atomic E-state index is 11.6. The van der Waals surface area contributed by atoms with Crippen molar-refractivity contribution in [3.63, 3.8) is 0 Å². The molecule has 0 N–H and O–H groups in total. The smallest absolute Gasteiger partial charge is 0.314 e. The molecule has 0 aromatic carbocycles. The number of methoxy groups -OCH3 is 1. The van der Waals surface area contributed by atoms with Gasteiger partial charge in [-0.2, -0.15) is 0 Å². The molecule has 0 radical (unpaired) electrons. The lowest BCUT2D eigenvalue weighted by molar-refractivity contribution is -0.155. The maximum atomic E-state index is 11.6. The average molecular weight is 228 g/mol. The summed E-state index contributed by atoms with van der Waals surface area (Å²) >= 11 is 0. The van der Waals surface area contributed by atoms with Crippen molar-refractivity contribution in [3.05, 3.63) is 12.2 Å². The minimum absolute atomic E-state index is 0.213. The van der Waals surface area contributed by atoms with Gasteiger partial charge in [0.1, 0.15) is 6.61 Å². The molecule has 16 heavy (non-hydrogen) atoms. The molecule has 0 aliphatic heterocycles. The van der Waals surface area contributed by atoms with Crippen LogP contribution in [-0.4, -0.2) is 26.3 Å². The van der Waals surface area contributed by atoms with Crippen LogP contribution >= 0.6 is 0 Å².